The maximum Gasteiger partial charge on any atom is 0.238 e. The molecular formula is C11H16N2O2S2. The summed E-state index contributed by atoms with van der Waals surface area (Å²) in [4.78, 5) is 0.152. The molecule has 0 aromatic heterocycles. The van der Waals surface area contributed by atoms with Crippen molar-refractivity contribution >= 4 is 27.5 Å². The predicted octanol–water partition coefficient (Wildman–Crippen LogP) is 1.50. The van der Waals surface area contributed by atoms with E-state index in [2.05, 4.69) is 5.32 Å². The van der Waals surface area contributed by atoms with E-state index in [-0.39, 0.29) is 4.90 Å². The standard InChI is InChI=1S/C11H16N2O2S2/c12-17(14,15)11-3-1-10(2-4-11)13-7-9-5-6-16-8-9/h1-4,9,13H,5-8H2,(H2,12,14,15). The molecule has 1 aliphatic heterocycles. The second-order valence-corrected chi connectivity index (χ2v) is 6.89. The molecule has 2 rings (SSSR count). The zero-order valence-corrected chi connectivity index (χ0v) is 11.1. The van der Waals surface area contributed by atoms with Crippen molar-refractivity contribution in [3.8, 4) is 0 Å². The lowest BCUT2D eigenvalue weighted by molar-refractivity contribution is 0.598. The van der Waals surface area contributed by atoms with Gasteiger partial charge in [0.25, 0.3) is 0 Å². The Bertz CT molecular complexity index is 465. The molecule has 1 aliphatic rings. The van der Waals surface area contributed by atoms with Crippen LogP contribution in [0.4, 0.5) is 5.69 Å². The van der Waals surface area contributed by atoms with Crippen molar-refractivity contribution in [1.29, 1.82) is 0 Å². The Balaban J connectivity index is 1.94. The molecule has 1 atom stereocenters. The second-order valence-electron chi connectivity index (χ2n) is 4.18. The molecule has 1 saturated heterocycles. The summed E-state index contributed by atoms with van der Waals surface area (Å²) in [6, 6.07) is 6.56. The van der Waals surface area contributed by atoms with Crippen LogP contribution in [0.5, 0.6) is 0 Å². The number of sulfonamides is 1. The summed E-state index contributed by atoms with van der Waals surface area (Å²) >= 11 is 1.99. The summed E-state index contributed by atoms with van der Waals surface area (Å²) in [6.45, 7) is 0.946. The molecule has 3 N–H and O–H groups in total. The molecule has 1 fully saturated rings. The first kappa shape index (κ1) is 12.7. The highest BCUT2D eigenvalue weighted by Crippen LogP contribution is 2.23. The molecule has 1 aromatic carbocycles. The fraction of sp³-hybridized carbons (Fsp3) is 0.455. The molecular weight excluding hydrogens is 256 g/mol. The van der Waals surface area contributed by atoms with Crippen molar-refractivity contribution in [2.75, 3.05) is 23.4 Å². The smallest absolute Gasteiger partial charge is 0.238 e. The maximum atomic E-state index is 11.1. The average molecular weight is 272 g/mol. The third-order valence-electron chi connectivity index (χ3n) is 2.80. The van der Waals surface area contributed by atoms with Gasteiger partial charge in [-0.15, -0.1) is 0 Å². The summed E-state index contributed by atoms with van der Waals surface area (Å²) in [5.41, 5.74) is 0.939. The summed E-state index contributed by atoms with van der Waals surface area (Å²) in [6.07, 6.45) is 1.26. The van der Waals surface area contributed by atoms with E-state index < -0.39 is 10.0 Å². The van der Waals surface area contributed by atoms with Gasteiger partial charge in [-0.2, -0.15) is 11.8 Å². The number of hydrogen-bond donors (Lipinski definition) is 2. The minimum atomic E-state index is -3.58. The molecule has 0 amide bonds. The number of hydrogen-bond acceptors (Lipinski definition) is 4. The molecule has 6 heteroatoms. The lowest BCUT2D eigenvalue weighted by Crippen LogP contribution is -2.14. The molecule has 0 aliphatic carbocycles. The Morgan fingerprint density at radius 3 is 2.59 bits per heavy atom. The highest BCUT2D eigenvalue weighted by atomic mass is 32.2. The molecule has 0 radical (unpaired) electrons. The number of rotatable bonds is 4. The topological polar surface area (TPSA) is 72.2 Å². The van der Waals surface area contributed by atoms with Gasteiger partial charge >= 0.3 is 0 Å². The van der Waals surface area contributed by atoms with E-state index in [0.29, 0.717) is 0 Å². The van der Waals surface area contributed by atoms with Crippen LogP contribution in [0.1, 0.15) is 6.42 Å². The van der Waals surface area contributed by atoms with E-state index in [1.165, 1.54) is 30.1 Å². The molecule has 17 heavy (non-hydrogen) atoms. The summed E-state index contributed by atoms with van der Waals surface area (Å²) in [5.74, 6) is 3.18. The lowest BCUT2D eigenvalue weighted by Gasteiger charge is -2.11. The van der Waals surface area contributed by atoms with E-state index in [4.69, 9.17) is 5.14 Å². The van der Waals surface area contributed by atoms with Crippen LogP contribution in [0.2, 0.25) is 0 Å². The Kier molecular flexibility index (Phi) is 3.96. The number of primary sulfonamides is 1. The SMILES string of the molecule is NS(=O)(=O)c1ccc(NCC2CCSC2)cc1. The highest BCUT2D eigenvalue weighted by Gasteiger charge is 2.14. The summed E-state index contributed by atoms with van der Waals surface area (Å²) in [7, 11) is -3.58. The Labute approximate surface area is 106 Å². The van der Waals surface area contributed by atoms with Gasteiger partial charge in [0.05, 0.1) is 4.90 Å². The van der Waals surface area contributed by atoms with Gasteiger partial charge in [0.1, 0.15) is 0 Å². The van der Waals surface area contributed by atoms with Crippen LogP contribution in [0.25, 0.3) is 0 Å². The fourth-order valence-corrected chi connectivity index (χ4v) is 3.57. The van der Waals surface area contributed by atoms with Crippen molar-refractivity contribution in [2.24, 2.45) is 11.1 Å². The van der Waals surface area contributed by atoms with Crippen molar-refractivity contribution in [3.05, 3.63) is 24.3 Å². The molecule has 0 bridgehead atoms. The van der Waals surface area contributed by atoms with Gasteiger partial charge in [-0.1, -0.05) is 0 Å². The van der Waals surface area contributed by atoms with Gasteiger partial charge in [-0.3, -0.25) is 0 Å². The molecule has 94 valence electrons. The minimum absolute atomic E-state index is 0.152. The fourth-order valence-electron chi connectivity index (χ4n) is 1.77. The normalized spacial score (nSPS) is 20.4. The quantitative estimate of drug-likeness (QED) is 0.871. The largest absolute Gasteiger partial charge is 0.385 e. The van der Waals surface area contributed by atoms with Gasteiger partial charge in [0, 0.05) is 12.2 Å². The van der Waals surface area contributed by atoms with Crippen LogP contribution in [-0.2, 0) is 10.0 Å². The van der Waals surface area contributed by atoms with Crippen LogP contribution in [-0.4, -0.2) is 26.5 Å². The summed E-state index contributed by atoms with van der Waals surface area (Å²) in [5, 5.41) is 8.35. The van der Waals surface area contributed by atoms with Crippen LogP contribution in [0, 0.1) is 5.92 Å². The Morgan fingerprint density at radius 1 is 1.35 bits per heavy atom. The molecule has 1 heterocycles. The van der Waals surface area contributed by atoms with E-state index in [9.17, 15) is 8.42 Å². The highest BCUT2D eigenvalue weighted by molar-refractivity contribution is 7.99. The van der Waals surface area contributed by atoms with E-state index >= 15 is 0 Å². The van der Waals surface area contributed by atoms with E-state index in [1.807, 2.05) is 11.8 Å². The Hall–Kier alpha value is -0.720. The molecule has 0 saturated carbocycles. The second kappa shape index (κ2) is 5.29. The van der Waals surface area contributed by atoms with Gasteiger partial charge < -0.3 is 5.32 Å². The zero-order chi connectivity index (χ0) is 12.3. The molecule has 1 aromatic rings. The van der Waals surface area contributed by atoms with E-state index in [1.54, 1.807) is 12.1 Å². The number of anilines is 1. The predicted molar refractivity (Wildman–Crippen MR) is 71.7 cm³/mol. The van der Waals surface area contributed by atoms with E-state index in [0.717, 1.165) is 18.2 Å². The monoisotopic (exact) mass is 272 g/mol. The van der Waals surface area contributed by atoms with Gasteiger partial charge in [-0.05, 0) is 48.1 Å². The number of nitrogens with one attached hydrogen (secondary N) is 1. The van der Waals surface area contributed by atoms with Crippen LogP contribution in [0.3, 0.4) is 0 Å². The number of benzene rings is 1. The molecule has 1 unspecified atom stereocenters. The minimum Gasteiger partial charge on any atom is -0.385 e. The van der Waals surface area contributed by atoms with Crippen LogP contribution in [0.15, 0.2) is 29.2 Å². The lowest BCUT2D eigenvalue weighted by atomic mass is 10.1. The van der Waals surface area contributed by atoms with Crippen molar-refractivity contribution in [2.45, 2.75) is 11.3 Å². The van der Waals surface area contributed by atoms with Gasteiger partial charge in [0.2, 0.25) is 10.0 Å². The number of nitrogens with two attached hydrogens (primary N) is 1. The maximum absolute atomic E-state index is 11.1. The van der Waals surface area contributed by atoms with Crippen molar-refractivity contribution in [1.82, 2.24) is 0 Å². The third-order valence-corrected chi connectivity index (χ3v) is 4.96. The van der Waals surface area contributed by atoms with Gasteiger partial charge in [-0.25, -0.2) is 13.6 Å². The first-order chi connectivity index (χ1) is 8.05. The third kappa shape index (κ3) is 3.62. The Morgan fingerprint density at radius 2 is 2.06 bits per heavy atom. The zero-order valence-electron chi connectivity index (χ0n) is 9.43. The number of thioether (sulfide) groups is 1. The van der Waals surface area contributed by atoms with Crippen molar-refractivity contribution in [3.63, 3.8) is 0 Å². The first-order valence-corrected chi connectivity index (χ1v) is 8.20. The summed E-state index contributed by atoms with van der Waals surface area (Å²) < 4.78 is 22.1. The van der Waals surface area contributed by atoms with Crippen LogP contribution < -0.4 is 10.5 Å². The molecule has 4 nitrogen and oxygen atoms in total. The van der Waals surface area contributed by atoms with Gasteiger partial charge in [0.15, 0.2) is 0 Å². The average Bonchev–Trinajstić information content (AvgIpc) is 2.78. The van der Waals surface area contributed by atoms with Crippen LogP contribution >= 0.6 is 11.8 Å². The van der Waals surface area contributed by atoms with Crippen molar-refractivity contribution < 1.29 is 8.42 Å². The molecule has 0 spiro atoms. The first-order valence-electron chi connectivity index (χ1n) is 5.50.